The standard InChI is InChI=1S/C19H22N2O2.Na/c22-18(23)19(20-17-9-5-2-6-10-17)11-13-21(14-12-19)15-16-7-3-1-4-8-16;/h1-10,20H,11-15H2,(H,22,23);. The Morgan fingerprint density at radius 1 is 1.00 bits per heavy atom. The minimum absolute atomic E-state index is 0. The Morgan fingerprint density at radius 3 is 2.08 bits per heavy atom. The largest absolute Gasteiger partial charge is 0.480 e. The number of carbonyl (C=O) groups is 1. The van der Waals surface area contributed by atoms with E-state index in [0.717, 1.165) is 25.3 Å². The van der Waals surface area contributed by atoms with Crippen LogP contribution in [0.3, 0.4) is 0 Å². The van der Waals surface area contributed by atoms with Gasteiger partial charge in [0.05, 0.1) is 0 Å². The van der Waals surface area contributed by atoms with Crippen LogP contribution < -0.4 is 5.32 Å². The van der Waals surface area contributed by atoms with Gasteiger partial charge in [0.2, 0.25) is 0 Å². The molecule has 0 spiro atoms. The van der Waals surface area contributed by atoms with Crippen molar-refractivity contribution in [3.63, 3.8) is 0 Å². The van der Waals surface area contributed by atoms with Crippen molar-refractivity contribution in [3.8, 4) is 0 Å². The Balaban J connectivity index is 0.00000208. The van der Waals surface area contributed by atoms with Gasteiger partial charge >= 0.3 is 5.97 Å². The number of anilines is 1. The summed E-state index contributed by atoms with van der Waals surface area (Å²) in [4.78, 5) is 14.2. The molecule has 2 aromatic rings. The molecule has 1 saturated heterocycles. The maximum absolute atomic E-state index is 11.9. The molecule has 3 rings (SSSR count). The molecular weight excluding hydrogens is 311 g/mol. The average Bonchev–Trinajstić information content (AvgIpc) is 2.58. The summed E-state index contributed by atoms with van der Waals surface area (Å²) >= 11 is 0. The molecule has 24 heavy (non-hydrogen) atoms. The second kappa shape index (κ2) is 8.67. The topological polar surface area (TPSA) is 52.6 Å². The summed E-state index contributed by atoms with van der Waals surface area (Å²) in [6, 6.07) is 19.9. The summed E-state index contributed by atoms with van der Waals surface area (Å²) in [6.45, 7) is 2.43. The average molecular weight is 333 g/mol. The number of carboxylic acids is 1. The van der Waals surface area contributed by atoms with E-state index in [0.29, 0.717) is 12.8 Å². The van der Waals surface area contributed by atoms with E-state index >= 15 is 0 Å². The molecule has 2 aromatic carbocycles. The molecule has 5 heteroatoms. The Kier molecular flexibility index (Phi) is 6.87. The smallest absolute Gasteiger partial charge is 0.329 e. The zero-order valence-electron chi connectivity index (χ0n) is 14.1. The minimum atomic E-state index is -0.867. The first-order chi connectivity index (χ1) is 11.2. The zero-order chi connectivity index (χ0) is 16.1. The number of hydrogen-bond acceptors (Lipinski definition) is 3. The first-order valence-electron chi connectivity index (χ1n) is 8.01. The monoisotopic (exact) mass is 333 g/mol. The fourth-order valence-corrected chi connectivity index (χ4v) is 3.12. The van der Waals surface area contributed by atoms with Crippen LogP contribution in [0.2, 0.25) is 0 Å². The molecule has 0 aromatic heterocycles. The third-order valence-electron chi connectivity index (χ3n) is 4.53. The van der Waals surface area contributed by atoms with Crippen LogP contribution in [0.1, 0.15) is 18.4 Å². The van der Waals surface area contributed by atoms with Crippen molar-refractivity contribution in [1.29, 1.82) is 0 Å². The number of hydrogen-bond donors (Lipinski definition) is 2. The molecule has 1 aliphatic rings. The van der Waals surface area contributed by atoms with E-state index in [4.69, 9.17) is 0 Å². The Morgan fingerprint density at radius 2 is 1.54 bits per heavy atom. The number of nitrogens with zero attached hydrogens (tertiary/aromatic N) is 1. The minimum Gasteiger partial charge on any atom is -0.480 e. The summed E-state index contributed by atoms with van der Waals surface area (Å²) < 4.78 is 0. The number of aliphatic carboxylic acids is 1. The fraction of sp³-hybridized carbons (Fsp3) is 0.316. The van der Waals surface area contributed by atoms with Crippen LogP contribution in [0.4, 0.5) is 5.69 Å². The molecule has 1 aliphatic heterocycles. The molecule has 0 amide bonds. The molecule has 0 bridgehead atoms. The van der Waals surface area contributed by atoms with Gasteiger partial charge in [-0.25, -0.2) is 4.79 Å². The second-order valence-corrected chi connectivity index (χ2v) is 6.14. The van der Waals surface area contributed by atoms with Crippen molar-refractivity contribution < 1.29 is 9.90 Å². The maximum atomic E-state index is 11.9. The quantitative estimate of drug-likeness (QED) is 0.826. The van der Waals surface area contributed by atoms with Gasteiger partial charge in [-0.1, -0.05) is 48.5 Å². The fourth-order valence-electron chi connectivity index (χ4n) is 3.12. The Bertz CT molecular complexity index is 641. The van der Waals surface area contributed by atoms with Crippen LogP contribution in [0.25, 0.3) is 0 Å². The van der Waals surface area contributed by atoms with Crippen molar-refractivity contribution >= 4 is 41.2 Å². The van der Waals surface area contributed by atoms with Gasteiger partial charge in [-0.2, -0.15) is 0 Å². The molecule has 1 radical (unpaired) electrons. The number of likely N-dealkylation sites (tertiary alicyclic amines) is 1. The first-order valence-corrected chi connectivity index (χ1v) is 8.01. The molecule has 2 N–H and O–H groups in total. The predicted molar refractivity (Wildman–Crippen MR) is 97.1 cm³/mol. The molecule has 0 unspecified atom stereocenters. The first kappa shape index (κ1) is 19.0. The van der Waals surface area contributed by atoms with Crippen molar-refractivity contribution in [2.75, 3.05) is 18.4 Å². The van der Waals surface area contributed by atoms with Gasteiger partial charge in [0.25, 0.3) is 0 Å². The van der Waals surface area contributed by atoms with Crippen LogP contribution in [0, 0.1) is 0 Å². The van der Waals surface area contributed by atoms with E-state index in [1.54, 1.807) is 0 Å². The maximum Gasteiger partial charge on any atom is 0.329 e. The molecule has 4 nitrogen and oxygen atoms in total. The summed E-state index contributed by atoms with van der Waals surface area (Å²) in [6.07, 6.45) is 1.20. The Labute approximate surface area is 165 Å². The summed E-state index contributed by atoms with van der Waals surface area (Å²) in [5.74, 6) is -0.763. The number of piperidine rings is 1. The molecule has 1 heterocycles. The van der Waals surface area contributed by atoms with Gasteiger partial charge in [0, 0.05) is 54.9 Å². The molecule has 1 fully saturated rings. The number of benzene rings is 2. The van der Waals surface area contributed by atoms with Gasteiger partial charge in [-0.3, -0.25) is 4.90 Å². The van der Waals surface area contributed by atoms with Crippen LogP contribution >= 0.6 is 0 Å². The van der Waals surface area contributed by atoms with Gasteiger partial charge in [-0.05, 0) is 30.5 Å². The van der Waals surface area contributed by atoms with E-state index in [2.05, 4.69) is 22.3 Å². The third kappa shape index (κ3) is 4.61. The summed E-state index contributed by atoms with van der Waals surface area (Å²) in [5.41, 5.74) is 1.27. The molecule has 0 aliphatic carbocycles. The van der Waals surface area contributed by atoms with E-state index in [-0.39, 0.29) is 29.6 Å². The van der Waals surface area contributed by atoms with E-state index in [1.807, 2.05) is 48.5 Å². The van der Waals surface area contributed by atoms with Crippen LogP contribution in [-0.4, -0.2) is 64.2 Å². The van der Waals surface area contributed by atoms with E-state index < -0.39 is 11.5 Å². The van der Waals surface area contributed by atoms with Crippen LogP contribution in [0.5, 0.6) is 0 Å². The van der Waals surface area contributed by atoms with Gasteiger partial charge < -0.3 is 10.4 Å². The van der Waals surface area contributed by atoms with Gasteiger partial charge in [-0.15, -0.1) is 0 Å². The molecular formula is C19H22N2NaO2. The molecule has 121 valence electrons. The van der Waals surface area contributed by atoms with E-state index in [9.17, 15) is 9.90 Å². The summed E-state index contributed by atoms with van der Waals surface area (Å²) in [7, 11) is 0. The van der Waals surface area contributed by atoms with Crippen molar-refractivity contribution in [3.05, 3.63) is 66.2 Å². The second-order valence-electron chi connectivity index (χ2n) is 6.14. The number of para-hydroxylation sites is 1. The summed E-state index contributed by atoms with van der Waals surface area (Å²) in [5, 5.41) is 13.0. The normalized spacial score (nSPS) is 16.8. The SMILES string of the molecule is O=C(O)C1(Nc2ccccc2)CCN(Cc2ccccc2)CC1.[Na]. The van der Waals surface area contributed by atoms with E-state index in [1.165, 1.54) is 5.56 Å². The van der Waals surface area contributed by atoms with Crippen LogP contribution in [0.15, 0.2) is 60.7 Å². The van der Waals surface area contributed by atoms with Gasteiger partial charge in [0.1, 0.15) is 5.54 Å². The molecule has 0 atom stereocenters. The third-order valence-corrected chi connectivity index (χ3v) is 4.53. The Hall–Kier alpha value is -1.33. The number of rotatable bonds is 5. The zero-order valence-corrected chi connectivity index (χ0v) is 16.1. The van der Waals surface area contributed by atoms with Crippen molar-refractivity contribution in [2.24, 2.45) is 0 Å². The van der Waals surface area contributed by atoms with Crippen molar-refractivity contribution in [1.82, 2.24) is 4.90 Å². The van der Waals surface area contributed by atoms with Crippen LogP contribution in [-0.2, 0) is 11.3 Å². The number of nitrogens with one attached hydrogen (secondary N) is 1. The predicted octanol–water partition coefficient (Wildman–Crippen LogP) is 2.84. The number of carboxylic acid groups (broad SMARTS) is 1. The molecule has 0 saturated carbocycles. The van der Waals surface area contributed by atoms with Crippen molar-refractivity contribution in [2.45, 2.75) is 24.9 Å². The van der Waals surface area contributed by atoms with Gasteiger partial charge in [0.15, 0.2) is 0 Å².